The van der Waals surface area contributed by atoms with Gasteiger partial charge in [-0.3, -0.25) is 4.79 Å². The molecule has 0 atom stereocenters. The van der Waals surface area contributed by atoms with Gasteiger partial charge in [-0.2, -0.15) is 13.2 Å². The van der Waals surface area contributed by atoms with E-state index in [0.717, 1.165) is 18.4 Å². The highest BCUT2D eigenvalue weighted by atomic mass is 19.4. The molecule has 2 aromatic carbocycles. The Morgan fingerprint density at radius 1 is 1.14 bits per heavy atom. The van der Waals surface area contributed by atoms with Crippen molar-refractivity contribution in [2.24, 2.45) is 0 Å². The number of hydrogen-bond acceptors (Lipinski definition) is 3. The van der Waals surface area contributed by atoms with Crippen molar-refractivity contribution in [3.8, 4) is 22.6 Å². The van der Waals surface area contributed by atoms with Crippen molar-refractivity contribution in [2.45, 2.75) is 83.9 Å². The summed E-state index contributed by atoms with van der Waals surface area (Å²) in [6.45, 7) is 9.60. The molecule has 0 heterocycles. The zero-order valence-corrected chi connectivity index (χ0v) is 20.6. The van der Waals surface area contributed by atoms with E-state index in [1.54, 1.807) is 19.1 Å². The van der Waals surface area contributed by atoms with Crippen molar-refractivity contribution in [1.82, 2.24) is 5.32 Å². The summed E-state index contributed by atoms with van der Waals surface area (Å²) in [5, 5.41) is 24.5. The van der Waals surface area contributed by atoms with Gasteiger partial charge in [0.05, 0.1) is 11.1 Å². The van der Waals surface area contributed by atoms with E-state index in [-0.39, 0.29) is 29.7 Å². The minimum absolute atomic E-state index is 0.0172. The highest BCUT2D eigenvalue weighted by Gasteiger charge is 2.57. The number of benzene rings is 2. The molecule has 1 aliphatic carbocycles. The second kappa shape index (κ2) is 10.3. The van der Waals surface area contributed by atoms with Crippen LogP contribution < -0.4 is 5.32 Å². The maximum atomic E-state index is 14.0. The average Bonchev–Trinajstić information content (AvgIpc) is 3.23. The van der Waals surface area contributed by atoms with Crippen LogP contribution in [0.25, 0.3) is 16.7 Å². The Morgan fingerprint density at radius 3 is 2.37 bits per heavy atom. The molecule has 0 saturated heterocycles. The van der Waals surface area contributed by atoms with E-state index in [1.807, 2.05) is 19.9 Å². The maximum absolute atomic E-state index is 14.0. The lowest BCUT2D eigenvalue weighted by Crippen LogP contribution is -2.57. The number of rotatable bonds is 8. The molecule has 1 fully saturated rings. The van der Waals surface area contributed by atoms with Gasteiger partial charge < -0.3 is 15.5 Å². The lowest BCUT2D eigenvalue weighted by atomic mass is 9.88. The molecule has 0 aliphatic heterocycles. The highest BCUT2D eigenvalue weighted by Crippen LogP contribution is 2.47. The van der Waals surface area contributed by atoms with E-state index < -0.39 is 23.4 Å². The lowest BCUT2D eigenvalue weighted by molar-refractivity contribution is -0.191. The molecule has 7 heteroatoms. The van der Waals surface area contributed by atoms with Crippen LogP contribution in [0.1, 0.15) is 85.8 Å². The number of aromatic hydroxyl groups is 2. The number of phenolic OH excluding ortho intramolecular Hbond substituents is 2. The van der Waals surface area contributed by atoms with Crippen LogP contribution in [-0.2, 0) is 6.42 Å². The number of aryl methyl sites for hydroxylation is 2. The third-order valence-corrected chi connectivity index (χ3v) is 6.90. The van der Waals surface area contributed by atoms with Crippen LogP contribution in [0.3, 0.4) is 0 Å². The number of hydrogen-bond donors (Lipinski definition) is 3. The van der Waals surface area contributed by atoms with Gasteiger partial charge in [0.2, 0.25) is 0 Å². The van der Waals surface area contributed by atoms with Crippen LogP contribution >= 0.6 is 0 Å². The molecule has 1 aliphatic rings. The molecule has 2 aromatic rings. The molecule has 1 saturated carbocycles. The third kappa shape index (κ3) is 5.34. The molecular weight excluding hydrogens is 455 g/mol. The Kier molecular flexibility index (Phi) is 7.87. The first kappa shape index (κ1) is 26.6. The molecule has 0 bridgehead atoms. The number of allylic oxidation sites excluding steroid dienone is 1. The maximum Gasteiger partial charge on any atom is 0.411 e. The largest absolute Gasteiger partial charge is 0.507 e. The van der Waals surface area contributed by atoms with Gasteiger partial charge >= 0.3 is 6.18 Å². The standard InChI is InChI=1S/C28H34F3NO3/c1-5-6-7-10-19-16-22(33)24(21-15-18(4)11-12-20(21)17(2)3)25(34)23(19)26(35)32-27(28(29,30)31)13-8-9-14-27/h11-12,15-16,33-34H,2,5-10,13-14H2,1,3-4H3,(H,32,35). The van der Waals surface area contributed by atoms with E-state index in [1.165, 1.54) is 6.07 Å². The first-order valence-corrected chi connectivity index (χ1v) is 12.2. The number of carbonyl (C=O) groups excluding carboxylic acids is 1. The van der Waals surface area contributed by atoms with Gasteiger partial charge in [-0.25, -0.2) is 0 Å². The molecule has 0 unspecified atom stereocenters. The first-order chi connectivity index (χ1) is 16.4. The summed E-state index contributed by atoms with van der Waals surface area (Å²) in [5.41, 5.74) is 0.475. The predicted octanol–water partition coefficient (Wildman–Crippen LogP) is 7.44. The lowest BCUT2D eigenvalue weighted by Gasteiger charge is -2.33. The van der Waals surface area contributed by atoms with Crippen molar-refractivity contribution in [3.05, 3.63) is 53.1 Å². The molecule has 190 valence electrons. The van der Waals surface area contributed by atoms with E-state index in [4.69, 9.17) is 0 Å². The minimum Gasteiger partial charge on any atom is -0.507 e. The number of unbranched alkanes of at least 4 members (excludes halogenated alkanes) is 2. The molecule has 0 spiro atoms. The second-order valence-electron chi connectivity index (χ2n) is 9.68. The van der Waals surface area contributed by atoms with Gasteiger partial charge in [-0.1, -0.05) is 68.5 Å². The van der Waals surface area contributed by atoms with Crippen molar-refractivity contribution in [1.29, 1.82) is 0 Å². The van der Waals surface area contributed by atoms with Gasteiger partial charge in [0.15, 0.2) is 0 Å². The smallest absolute Gasteiger partial charge is 0.411 e. The minimum atomic E-state index is -4.61. The van der Waals surface area contributed by atoms with E-state index >= 15 is 0 Å². The Labute approximate surface area is 204 Å². The second-order valence-corrected chi connectivity index (χ2v) is 9.68. The van der Waals surface area contributed by atoms with Crippen molar-refractivity contribution >= 4 is 11.5 Å². The van der Waals surface area contributed by atoms with Gasteiger partial charge in [-0.15, -0.1) is 0 Å². The Morgan fingerprint density at radius 2 is 1.80 bits per heavy atom. The monoisotopic (exact) mass is 489 g/mol. The Balaban J connectivity index is 2.20. The quantitative estimate of drug-likeness (QED) is 0.338. The topological polar surface area (TPSA) is 69.6 Å². The SMILES string of the molecule is C=C(C)c1ccc(C)cc1-c1c(O)cc(CCCCC)c(C(=O)NC2(C(F)(F)F)CCCC2)c1O. The summed E-state index contributed by atoms with van der Waals surface area (Å²) in [7, 11) is 0. The van der Waals surface area contributed by atoms with Gasteiger partial charge in [0.1, 0.15) is 17.0 Å². The zero-order valence-electron chi connectivity index (χ0n) is 20.6. The number of alkyl halides is 3. The summed E-state index contributed by atoms with van der Waals surface area (Å²) in [4.78, 5) is 13.4. The molecule has 0 radical (unpaired) electrons. The van der Waals surface area contributed by atoms with E-state index in [2.05, 4.69) is 11.9 Å². The van der Waals surface area contributed by atoms with Crippen molar-refractivity contribution < 1.29 is 28.2 Å². The third-order valence-electron chi connectivity index (χ3n) is 6.90. The van der Waals surface area contributed by atoms with Crippen molar-refractivity contribution in [2.75, 3.05) is 0 Å². The fraction of sp³-hybridized carbons (Fsp3) is 0.464. The van der Waals surface area contributed by atoms with Crippen LogP contribution in [0.15, 0.2) is 30.8 Å². The van der Waals surface area contributed by atoms with Crippen LogP contribution in [0.2, 0.25) is 0 Å². The molecule has 35 heavy (non-hydrogen) atoms. The fourth-order valence-corrected chi connectivity index (χ4v) is 4.96. The number of halogens is 3. The normalized spacial score (nSPS) is 15.3. The summed E-state index contributed by atoms with van der Waals surface area (Å²) in [6.07, 6.45) is -1.52. The highest BCUT2D eigenvalue weighted by molar-refractivity contribution is 6.03. The zero-order chi connectivity index (χ0) is 26.0. The van der Waals surface area contributed by atoms with Gasteiger partial charge in [0, 0.05) is 0 Å². The van der Waals surface area contributed by atoms with Crippen molar-refractivity contribution in [3.63, 3.8) is 0 Å². The molecule has 3 rings (SSSR count). The Hall–Kier alpha value is -2.96. The summed E-state index contributed by atoms with van der Waals surface area (Å²) in [5.74, 6) is -1.72. The molecule has 0 aromatic heterocycles. The summed E-state index contributed by atoms with van der Waals surface area (Å²) in [6, 6.07) is 6.82. The van der Waals surface area contributed by atoms with Crippen LogP contribution in [0.5, 0.6) is 11.5 Å². The fourth-order valence-electron chi connectivity index (χ4n) is 4.96. The number of amides is 1. The molecule has 3 N–H and O–H groups in total. The van der Waals surface area contributed by atoms with E-state index in [9.17, 15) is 28.2 Å². The molecule has 4 nitrogen and oxygen atoms in total. The van der Waals surface area contributed by atoms with E-state index in [0.29, 0.717) is 47.9 Å². The van der Waals surface area contributed by atoms with Gasteiger partial charge in [0.25, 0.3) is 5.91 Å². The summed E-state index contributed by atoms with van der Waals surface area (Å²) < 4.78 is 42.0. The predicted molar refractivity (Wildman–Crippen MR) is 133 cm³/mol. The van der Waals surface area contributed by atoms with Gasteiger partial charge in [-0.05, 0) is 62.3 Å². The first-order valence-electron chi connectivity index (χ1n) is 12.2. The van der Waals surface area contributed by atoms with Crippen LogP contribution in [0.4, 0.5) is 13.2 Å². The summed E-state index contributed by atoms with van der Waals surface area (Å²) >= 11 is 0. The number of nitrogens with one attached hydrogen (secondary N) is 1. The number of phenols is 2. The molecule has 1 amide bonds. The van der Waals surface area contributed by atoms with Crippen LogP contribution in [-0.4, -0.2) is 27.8 Å². The number of carbonyl (C=O) groups is 1. The van der Waals surface area contributed by atoms with Crippen LogP contribution in [0, 0.1) is 6.92 Å². The Bertz CT molecular complexity index is 1120. The average molecular weight is 490 g/mol. The molecular formula is C28H34F3NO3.